The fourth-order valence-corrected chi connectivity index (χ4v) is 3.73. The van der Waals surface area contributed by atoms with Gasteiger partial charge in [-0.15, -0.1) is 0 Å². The molecule has 1 aliphatic rings. The van der Waals surface area contributed by atoms with Crippen LogP contribution in [0.5, 0.6) is 0 Å². The Morgan fingerprint density at radius 2 is 2.15 bits per heavy atom. The highest BCUT2D eigenvalue weighted by Crippen LogP contribution is 2.27. The van der Waals surface area contributed by atoms with E-state index in [2.05, 4.69) is 25.7 Å². The number of aromatic amines is 1. The standard InChI is InChI=1S/C20H23N5O2/c1-13-18(19(25-27-13)16-9-5-6-10-21-16)20(26)22-17-12-15(23-24-17)11-14-7-3-2-4-8-14/h5-6,9-10,12,14H,2-4,7-8,11H2,1H3,(H2,22,23,24,26). The summed E-state index contributed by atoms with van der Waals surface area (Å²) >= 11 is 0. The lowest BCUT2D eigenvalue weighted by Crippen LogP contribution is -2.14. The molecule has 0 spiro atoms. The van der Waals surface area contributed by atoms with E-state index in [0.29, 0.717) is 34.4 Å². The SMILES string of the molecule is Cc1onc(-c2ccccn2)c1C(=O)Nc1cc(CC2CCCCC2)[nH]n1. The zero-order chi connectivity index (χ0) is 18.6. The van der Waals surface area contributed by atoms with Gasteiger partial charge in [-0.2, -0.15) is 5.10 Å². The number of amides is 1. The molecule has 7 nitrogen and oxygen atoms in total. The van der Waals surface area contributed by atoms with E-state index >= 15 is 0 Å². The normalized spacial score (nSPS) is 15.0. The molecule has 3 heterocycles. The first-order chi connectivity index (χ1) is 13.2. The molecule has 1 aliphatic carbocycles. The topological polar surface area (TPSA) is 96.7 Å². The Morgan fingerprint density at radius 3 is 2.93 bits per heavy atom. The lowest BCUT2D eigenvalue weighted by molar-refractivity contribution is 0.102. The first-order valence-electron chi connectivity index (χ1n) is 9.44. The maximum atomic E-state index is 12.8. The molecule has 1 saturated carbocycles. The quantitative estimate of drug-likeness (QED) is 0.708. The van der Waals surface area contributed by atoms with Gasteiger partial charge in [-0.1, -0.05) is 43.3 Å². The molecular weight excluding hydrogens is 342 g/mol. The van der Waals surface area contributed by atoms with Crippen molar-refractivity contribution in [3.8, 4) is 11.4 Å². The number of nitrogens with one attached hydrogen (secondary N) is 2. The summed E-state index contributed by atoms with van der Waals surface area (Å²) in [6.45, 7) is 1.72. The number of anilines is 1. The molecule has 1 fully saturated rings. The molecule has 140 valence electrons. The zero-order valence-corrected chi connectivity index (χ0v) is 15.4. The van der Waals surface area contributed by atoms with Crippen molar-refractivity contribution in [2.24, 2.45) is 5.92 Å². The number of nitrogens with zero attached hydrogens (tertiary/aromatic N) is 3. The molecule has 7 heteroatoms. The van der Waals surface area contributed by atoms with E-state index in [0.717, 1.165) is 12.1 Å². The number of rotatable bonds is 5. The number of carbonyl (C=O) groups is 1. The Bertz CT molecular complexity index is 910. The molecule has 27 heavy (non-hydrogen) atoms. The Kier molecular flexibility index (Phi) is 5.00. The summed E-state index contributed by atoms with van der Waals surface area (Å²) in [6.07, 6.45) is 9.15. The Morgan fingerprint density at radius 1 is 1.30 bits per heavy atom. The first kappa shape index (κ1) is 17.5. The second kappa shape index (κ2) is 7.73. The van der Waals surface area contributed by atoms with E-state index in [9.17, 15) is 4.79 Å². The monoisotopic (exact) mass is 365 g/mol. The molecule has 0 radical (unpaired) electrons. The summed E-state index contributed by atoms with van der Waals surface area (Å²) in [6, 6.07) is 7.37. The van der Waals surface area contributed by atoms with Gasteiger partial charge in [0.2, 0.25) is 0 Å². The second-order valence-electron chi connectivity index (χ2n) is 7.12. The Hall–Kier alpha value is -2.96. The van der Waals surface area contributed by atoms with Crippen molar-refractivity contribution in [3.63, 3.8) is 0 Å². The number of hydrogen-bond donors (Lipinski definition) is 2. The van der Waals surface area contributed by atoms with Crippen molar-refractivity contribution in [3.05, 3.63) is 47.5 Å². The minimum absolute atomic E-state index is 0.301. The van der Waals surface area contributed by atoms with Crippen LogP contribution < -0.4 is 5.32 Å². The number of aryl methyl sites for hydroxylation is 1. The first-order valence-corrected chi connectivity index (χ1v) is 9.44. The van der Waals surface area contributed by atoms with E-state index < -0.39 is 0 Å². The molecule has 0 aromatic carbocycles. The summed E-state index contributed by atoms with van der Waals surface area (Å²) in [5, 5.41) is 14.1. The minimum atomic E-state index is -0.301. The molecule has 3 aromatic rings. The Balaban J connectivity index is 1.48. The van der Waals surface area contributed by atoms with Crippen molar-refractivity contribution >= 4 is 11.7 Å². The fourth-order valence-electron chi connectivity index (χ4n) is 3.73. The van der Waals surface area contributed by atoms with Crippen LogP contribution in [0.4, 0.5) is 5.82 Å². The predicted octanol–water partition coefficient (Wildman–Crippen LogP) is 4.14. The van der Waals surface area contributed by atoms with E-state index in [4.69, 9.17) is 4.52 Å². The lowest BCUT2D eigenvalue weighted by atomic mass is 9.86. The van der Waals surface area contributed by atoms with Crippen molar-refractivity contribution < 1.29 is 9.32 Å². The van der Waals surface area contributed by atoms with Crippen LogP contribution in [0, 0.1) is 12.8 Å². The van der Waals surface area contributed by atoms with Crippen molar-refractivity contribution in [2.45, 2.75) is 45.4 Å². The molecular formula is C20H23N5O2. The number of H-pyrrole nitrogens is 1. The maximum Gasteiger partial charge on any atom is 0.262 e. The lowest BCUT2D eigenvalue weighted by Gasteiger charge is -2.20. The van der Waals surface area contributed by atoms with Gasteiger partial charge < -0.3 is 9.84 Å². The van der Waals surface area contributed by atoms with E-state index in [1.807, 2.05) is 18.2 Å². The number of carbonyl (C=O) groups excluding carboxylic acids is 1. The minimum Gasteiger partial charge on any atom is -0.360 e. The summed E-state index contributed by atoms with van der Waals surface area (Å²) in [4.78, 5) is 17.1. The van der Waals surface area contributed by atoms with Gasteiger partial charge in [0.05, 0.1) is 5.69 Å². The van der Waals surface area contributed by atoms with Crippen LogP contribution >= 0.6 is 0 Å². The van der Waals surface area contributed by atoms with Gasteiger partial charge in [0.1, 0.15) is 17.0 Å². The van der Waals surface area contributed by atoms with Crippen LogP contribution in [0.1, 0.15) is 53.9 Å². The van der Waals surface area contributed by atoms with Crippen LogP contribution in [0.15, 0.2) is 35.0 Å². The zero-order valence-electron chi connectivity index (χ0n) is 15.4. The smallest absolute Gasteiger partial charge is 0.262 e. The fraction of sp³-hybridized carbons (Fsp3) is 0.400. The summed E-state index contributed by atoms with van der Waals surface area (Å²) < 4.78 is 5.24. The highest BCUT2D eigenvalue weighted by Gasteiger charge is 2.23. The number of pyridine rings is 1. The molecule has 0 saturated heterocycles. The van der Waals surface area contributed by atoms with Gasteiger partial charge in [0.15, 0.2) is 5.82 Å². The second-order valence-corrected chi connectivity index (χ2v) is 7.12. The Labute approximate surface area is 157 Å². The highest BCUT2D eigenvalue weighted by atomic mass is 16.5. The van der Waals surface area contributed by atoms with E-state index in [1.54, 1.807) is 19.2 Å². The van der Waals surface area contributed by atoms with Gasteiger partial charge >= 0.3 is 0 Å². The van der Waals surface area contributed by atoms with Gasteiger partial charge in [0.25, 0.3) is 5.91 Å². The van der Waals surface area contributed by atoms with Crippen molar-refractivity contribution in [1.29, 1.82) is 0 Å². The number of aromatic nitrogens is 4. The summed E-state index contributed by atoms with van der Waals surface area (Å²) in [5.74, 6) is 1.37. The van der Waals surface area contributed by atoms with Crippen LogP contribution in [0.25, 0.3) is 11.4 Å². The third-order valence-corrected chi connectivity index (χ3v) is 5.10. The van der Waals surface area contributed by atoms with E-state index in [1.165, 1.54) is 32.1 Å². The summed E-state index contributed by atoms with van der Waals surface area (Å²) in [5.41, 5.74) is 2.47. The average molecular weight is 365 g/mol. The van der Waals surface area contributed by atoms with Crippen molar-refractivity contribution in [2.75, 3.05) is 5.32 Å². The van der Waals surface area contributed by atoms with Gasteiger partial charge in [-0.05, 0) is 31.4 Å². The summed E-state index contributed by atoms with van der Waals surface area (Å²) in [7, 11) is 0. The van der Waals surface area contributed by atoms with Crippen LogP contribution in [0.2, 0.25) is 0 Å². The van der Waals surface area contributed by atoms with Gasteiger partial charge in [-0.25, -0.2) is 0 Å². The van der Waals surface area contributed by atoms with Gasteiger partial charge in [-0.3, -0.25) is 14.9 Å². The molecule has 4 rings (SSSR count). The highest BCUT2D eigenvalue weighted by molar-refractivity contribution is 6.08. The third-order valence-electron chi connectivity index (χ3n) is 5.10. The molecule has 3 aromatic heterocycles. The van der Waals surface area contributed by atoms with Crippen LogP contribution in [-0.2, 0) is 6.42 Å². The molecule has 0 unspecified atom stereocenters. The van der Waals surface area contributed by atoms with E-state index in [-0.39, 0.29) is 5.91 Å². The van der Waals surface area contributed by atoms with Crippen LogP contribution in [0.3, 0.4) is 0 Å². The van der Waals surface area contributed by atoms with Crippen molar-refractivity contribution in [1.82, 2.24) is 20.3 Å². The van der Waals surface area contributed by atoms with Crippen LogP contribution in [-0.4, -0.2) is 26.2 Å². The largest absolute Gasteiger partial charge is 0.360 e. The molecule has 0 atom stereocenters. The molecule has 1 amide bonds. The number of hydrogen-bond acceptors (Lipinski definition) is 5. The van der Waals surface area contributed by atoms with Gasteiger partial charge in [0, 0.05) is 18.0 Å². The maximum absolute atomic E-state index is 12.8. The third kappa shape index (κ3) is 3.92. The molecule has 2 N–H and O–H groups in total. The average Bonchev–Trinajstić information content (AvgIpc) is 3.29. The molecule has 0 aliphatic heterocycles. The predicted molar refractivity (Wildman–Crippen MR) is 101 cm³/mol. The molecule has 0 bridgehead atoms.